The summed E-state index contributed by atoms with van der Waals surface area (Å²) >= 11 is 5.57. The van der Waals surface area contributed by atoms with E-state index in [1.54, 1.807) is 0 Å². The van der Waals surface area contributed by atoms with Crippen molar-refractivity contribution in [2.45, 2.75) is 0 Å². The number of benzene rings is 8. The van der Waals surface area contributed by atoms with Crippen molar-refractivity contribution in [3.8, 4) is 56.4 Å². The van der Waals surface area contributed by atoms with Crippen LogP contribution in [-0.2, 0) is 0 Å². The molecule has 0 amide bonds. The number of rotatable bonds is 5. The summed E-state index contributed by atoms with van der Waals surface area (Å²) in [5.74, 6) is 2.00. The van der Waals surface area contributed by atoms with Crippen molar-refractivity contribution in [3.63, 3.8) is 0 Å². The van der Waals surface area contributed by atoms with Crippen LogP contribution in [0.25, 0.3) is 117 Å². The van der Waals surface area contributed by atoms with Gasteiger partial charge in [-0.3, -0.25) is 0 Å². The van der Waals surface area contributed by atoms with E-state index in [0.29, 0.717) is 17.5 Å². The lowest BCUT2D eigenvalue weighted by molar-refractivity contribution is 1.08. The van der Waals surface area contributed by atoms with E-state index in [9.17, 15) is 0 Å². The van der Waals surface area contributed by atoms with Crippen molar-refractivity contribution in [3.05, 3.63) is 176 Å². The summed E-state index contributed by atoms with van der Waals surface area (Å²) in [5, 5.41) is 7.63. The number of hydrogen-bond donors (Lipinski definition) is 0. The first-order valence-corrected chi connectivity index (χ1v) is 21.4. The smallest absolute Gasteiger partial charge is 0.164 e. The van der Waals surface area contributed by atoms with Gasteiger partial charge in [0.1, 0.15) is 0 Å². The number of fused-ring (bicyclic) bond motifs is 9. The van der Waals surface area contributed by atoms with Gasteiger partial charge in [-0.15, -0.1) is 34.0 Å². The Labute approximate surface area is 339 Å². The predicted molar refractivity (Wildman–Crippen MR) is 246 cm³/mol. The molecule has 57 heavy (non-hydrogen) atoms. The molecule has 12 aromatic rings. The van der Waals surface area contributed by atoms with Crippen LogP contribution in [0.5, 0.6) is 0 Å². The number of thiophene rings is 3. The molecule has 0 saturated carbocycles. The Balaban J connectivity index is 0.992. The Morgan fingerprint density at radius 2 is 0.772 bits per heavy atom. The van der Waals surface area contributed by atoms with Gasteiger partial charge in [0.15, 0.2) is 17.5 Å². The lowest BCUT2D eigenvalue weighted by Crippen LogP contribution is -2.00. The molecular weight excluding hydrogens is 751 g/mol. The van der Waals surface area contributed by atoms with E-state index in [2.05, 4.69) is 140 Å². The average molecular weight is 780 g/mol. The maximum atomic E-state index is 5.11. The van der Waals surface area contributed by atoms with E-state index in [0.717, 1.165) is 16.7 Å². The van der Waals surface area contributed by atoms with Gasteiger partial charge in [0.05, 0.1) is 0 Å². The van der Waals surface area contributed by atoms with E-state index in [1.165, 1.54) is 82.8 Å². The Morgan fingerprint density at radius 3 is 1.53 bits per heavy atom. The van der Waals surface area contributed by atoms with Gasteiger partial charge in [-0.05, 0) is 70.8 Å². The molecule has 12 rings (SSSR count). The molecule has 0 unspecified atom stereocenters. The Morgan fingerprint density at radius 1 is 0.281 bits per heavy atom. The van der Waals surface area contributed by atoms with Gasteiger partial charge < -0.3 is 0 Å². The lowest BCUT2D eigenvalue weighted by Gasteiger charge is -2.10. The van der Waals surface area contributed by atoms with Crippen LogP contribution in [0.4, 0.5) is 0 Å². The zero-order chi connectivity index (χ0) is 37.5. The minimum absolute atomic E-state index is 0.664. The van der Waals surface area contributed by atoms with Crippen LogP contribution < -0.4 is 0 Å². The van der Waals surface area contributed by atoms with Crippen LogP contribution in [0, 0.1) is 0 Å². The van der Waals surface area contributed by atoms with Gasteiger partial charge in [-0.2, -0.15) is 0 Å². The van der Waals surface area contributed by atoms with Crippen LogP contribution in [0.15, 0.2) is 176 Å². The standard InChI is InChI=1S/C51H29N3S3/c1-3-11-30(12-4-1)49-52-50(31-13-5-2-6-14-31)54-51(53-49)38-18-10-20-46-47(38)41-28-33(22-25-45(41)56-46)32-21-24-44-40(27-32)37-17-9-16-35(48(37)57-44)34-23-26-43-39(29-34)36-15-7-8-19-42(36)55-43/h1-29H. The number of aromatic nitrogens is 3. The van der Waals surface area contributed by atoms with Crippen LogP contribution in [-0.4, -0.2) is 15.0 Å². The second kappa shape index (κ2) is 13.0. The molecule has 0 N–H and O–H groups in total. The van der Waals surface area contributed by atoms with Crippen molar-refractivity contribution in [1.82, 2.24) is 15.0 Å². The molecule has 6 heteroatoms. The van der Waals surface area contributed by atoms with Crippen molar-refractivity contribution in [2.75, 3.05) is 0 Å². The molecule has 8 aromatic carbocycles. The highest BCUT2D eigenvalue weighted by molar-refractivity contribution is 7.27. The van der Waals surface area contributed by atoms with E-state index in [-0.39, 0.29) is 0 Å². The first-order chi connectivity index (χ1) is 28.2. The molecular formula is C51H29N3S3. The maximum absolute atomic E-state index is 5.11. The molecule has 0 spiro atoms. The molecule has 0 aliphatic heterocycles. The molecule has 4 heterocycles. The van der Waals surface area contributed by atoms with Crippen molar-refractivity contribution < 1.29 is 0 Å². The quantitative estimate of drug-likeness (QED) is 0.175. The third-order valence-corrected chi connectivity index (χ3v) is 14.5. The van der Waals surface area contributed by atoms with Crippen LogP contribution in [0.2, 0.25) is 0 Å². The van der Waals surface area contributed by atoms with E-state index in [1.807, 2.05) is 70.4 Å². The monoisotopic (exact) mass is 779 g/mol. The number of hydrogen-bond acceptors (Lipinski definition) is 6. The summed E-state index contributed by atoms with van der Waals surface area (Å²) in [5.41, 5.74) is 7.87. The topological polar surface area (TPSA) is 38.7 Å². The van der Waals surface area contributed by atoms with Gasteiger partial charge >= 0.3 is 0 Å². The second-order valence-electron chi connectivity index (χ2n) is 14.3. The lowest BCUT2D eigenvalue weighted by atomic mass is 9.98. The normalized spacial score (nSPS) is 11.9. The van der Waals surface area contributed by atoms with Crippen molar-refractivity contribution in [1.29, 1.82) is 0 Å². The Bertz CT molecular complexity index is 3470. The predicted octanol–water partition coefficient (Wildman–Crippen LogP) is 15.3. The summed E-state index contributed by atoms with van der Waals surface area (Å²) in [6.07, 6.45) is 0. The van der Waals surface area contributed by atoms with Crippen LogP contribution in [0.1, 0.15) is 0 Å². The van der Waals surface area contributed by atoms with E-state index in [4.69, 9.17) is 15.0 Å². The molecule has 3 nitrogen and oxygen atoms in total. The fourth-order valence-corrected chi connectivity index (χ4v) is 11.6. The molecule has 4 aromatic heterocycles. The molecule has 0 aliphatic carbocycles. The molecule has 0 radical (unpaired) electrons. The van der Waals surface area contributed by atoms with Crippen LogP contribution >= 0.6 is 34.0 Å². The maximum Gasteiger partial charge on any atom is 0.164 e. The highest BCUT2D eigenvalue weighted by Gasteiger charge is 2.18. The summed E-state index contributed by atoms with van der Waals surface area (Å²) in [4.78, 5) is 15.2. The minimum atomic E-state index is 0.664. The third kappa shape index (κ3) is 5.41. The fourth-order valence-electron chi connectivity index (χ4n) is 8.22. The van der Waals surface area contributed by atoms with Crippen molar-refractivity contribution in [2.24, 2.45) is 0 Å². The van der Waals surface area contributed by atoms with E-state index < -0.39 is 0 Å². The van der Waals surface area contributed by atoms with Gasteiger partial charge in [-0.1, -0.05) is 127 Å². The summed E-state index contributed by atoms with van der Waals surface area (Å²) in [6, 6.07) is 63.2. The molecule has 0 atom stereocenters. The Hall–Kier alpha value is -6.57. The molecule has 0 fully saturated rings. The van der Waals surface area contributed by atoms with Gasteiger partial charge in [-0.25, -0.2) is 15.0 Å². The van der Waals surface area contributed by atoms with E-state index >= 15 is 0 Å². The Kier molecular flexibility index (Phi) is 7.45. The molecule has 0 aliphatic rings. The molecule has 266 valence electrons. The zero-order valence-corrected chi connectivity index (χ0v) is 32.8. The average Bonchev–Trinajstić information content (AvgIpc) is 3.97. The summed E-state index contributed by atoms with van der Waals surface area (Å²) < 4.78 is 7.74. The SMILES string of the molecule is c1ccc(-c2nc(-c3ccccc3)nc(-c3cccc4sc5ccc(-c6ccc7sc8c(-c9ccc%10sc%11ccccc%11c%10c9)cccc8c7c6)cc5c34)n2)cc1. The molecule has 0 saturated heterocycles. The summed E-state index contributed by atoms with van der Waals surface area (Å²) in [7, 11) is 0. The first kappa shape index (κ1) is 32.7. The van der Waals surface area contributed by atoms with Crippen molar-refractivity contribution >= 4 is 94.5 Å². The highest BCUT2D eigenvalue weighted by Crippen LogP contribution is 2.45. The first-order valence-electron chi connectivity index (χ1n) is 18.9. The minimum Gasteiger partial charge on any atom is -0.208 e. The molecule has 0 bridgehead atoms. The summed E-state index contributed by atoms with van der Waals surface area (Å²) in [6.45, 7) is 0. The van der Waals surface area contributed by atoms with Gasteiger partial charge in [0.2, 0.25) is 0 Å². The van der Waals surface area contributed by atoms with Crippen LogP contribution in [0.3, 0.4) is 0 Å². The third-order valence-electron chi connectivity index (χ3n) is 11.0. The van der Waals surface area contributed by atoms with Gasteiger partial charge in [0.25, 0.3) is 0 Å². The zero-order valence-electron chi connectivity index (χ0n) is 30.3. The largest absolute Gasteiger partial charge is 0.208 e. The van der Waals surface area contributed by atoms with Gasteiger partial charge in [0, 0.05) is 77.2 Å². The second-order valence-corrected chi connectivity index (χ2v) is 17.6. The fraction of sp³-hybridized carbons (Fsp3) is 0. The highest BCUT2D eigenvalue weighted by atomic mass is 32.1. The number of nitrogens with zero attached hydrogens (tertiary/aromatic N) is 3.